The standard InChI is InChI=1S/C23H17N3/c1-2-17-26-22(19-13-7-4-8-14-19)21(18-11-5-3-6-12-18)25-23(26)20-15-9-10-16-24-20/h1,3-16H,17H2. The van der Waals surface area contributed by atoms with Crippen molar-refractivity contribution < 1.29 is 0 Å². The van der Waals surface area contributed by atoms with Crippen molar-refractivity contribution in [2.45, 2.75) is 6.54 Å². The van der Waals surface area contributed by atoms with Gasteiger partial charge in [-0.1, -0.05) is 72.7 Å². The lowest BCUT2D eigenvalue weighted by Crippen LogP contribution is -2.02. The Hall–Kier alpha value is -3.64. The molecule has 4 aromatic rings. The molecule has 0 unspecified atom stereocenters. The highest BCUT2D eigenvalue weighted by Gasteiger charge is 2.20. The van der Waals surface area contributed by atoms with E-state index in [2.05, 4.69) is 39.7 Å². The minimum absolute atomic E-state index is 0.427. The summed E-state index contributed by atoms with van der Waals surface area (Å²) >= 11 is 0. The summed E-state index contributed by atoms with van der Waals surface area (Å²) in [6.07, 6.45) is 7.46. The van der Waals surface area contributed by atoms with E-state index in [1.54, 1.807) is 6.20 Å². The van der Waals surface area contributed by atoms with E-state index in [4.69, 9.17) is 11.4 Å². The van der Waals surface area contributed by atoms with Gasteiger partial charge in [-0.3, -0.25) is 4.98 Å². The molecule has 0 saturated carbocycles. The Bertz CT molecular complexity index is 1040. The minimum atomic E-state index is 0.427. The molecule has 0 spiro atoms. The van der Waals surface area contributed by atoms with Gasteiger partial charge in [-0.2, -0.15) is 0 Å². The van der Waals surface area contributed by atoms with Crippen molar-refractivity contribution >= 4 is 0 Å². The topological polar surface area (TPSA) is 30.7 Å². The van der Waals surface area contributed by atoms with Crippen LogP contribution in [0.3, 0.4) is 0 Å². The molecule has 0 radical (unpaired) electrons. The minimum Gasteiger partial charge on any atom is -0.310 e. The van der Waals surface area contributed by atoms with Gasteiger partial charge in [-0.05, 0) is 12.1 Å². The van der Waals surface area contributed by atoms with Gasteiger partial charge in [-0.15, -0.1) is 6.42 Å². The van der Waals surface area contributed by atoms with Crippen LogP contribution in [0.25, 0.3) is 34.0 Å². The molecule has 3 nitrogen and oxygen atoms in total. The number of pyridine rings is 1. The van der Waals surface area contributed by atoms with Crippen LogP contribution in [0.15, 0.2) is 85.1 Å². The molecule has 0 aliphatic heterocycles. The molecule has 0 bridgehead atoms. The zero-order valence-electron chi connectivity index (χ0n) is 14.2. The van der Waals surface area contributed by atoms with Crippen LogP contribution in [0.2, 0.25) is 0 Å². The van der Waals surface area contributed by atoms with Gasteiger partial charge in [0.1, 0.15) is 5.69 Å². The second-order valence-corrected chi connectivity index (χ2v) is 5.87. The van der Waals surface area contributed by atoms with E-state index in [1.807, 2.05) is 54.6 Å². The van der Waals surface area contributed by atoms with Crippen LogP contribution in [0.1, 0.15) is 0 Å². The zero-order chi connectivity index (χ0) is 17.8. The number of benzene rings is 2. The third kappa shape index (κ3) is 2.89. The highest BCUT2D eigenvalue weighted by Crippen LogP contribution is 2.35. The average molecular weight is 335 g/mol. The van der Waals surface area contributed by atoms with E-state index in [9.17, 15) is 0 Å². The number of terminal acetylenes is 1. The van der Waals surface area contributed by atoms with Crippen LogP contribution in [-0.4, -0.2) is 14.5 Å². The molecule has 0 aliphatic carbocycles. The zero-order valence-corrected chi connectivity index (χ0v) is 14.2. The van der Waals surface area contributed by atoms with Crippen molar-refractivity contribution in [3.05, 3.63) is 85.1 Å². The Morgan fingerprint density at radius 1 is 0.808 bits per heavy atom. The summed E-state index contributed by atoms with van der Waals surface area (Å²) in [5, 5.41) is 0. The molecule has 0 amide bonds. The van der Waals surface area contributed by atoms with E-state index in [-0.39, 0.29) is 0 Å². The molecule has 0 saturated heterocycles. The molecule has 2 aromatic heterocycles. The first-order chi connectivity index (χ1) is 12.9. The fraction of sp³-hybridized carbons (Fsp3) is 0.0435. The van der Waals surface area contributed by atoms with Gasteiger partial charge in [-0.25, -0.2) is 4.98 Å². The van der Waals surface area contributed by atoms with Crippen LogP contribution < -0.4 is 0 Å². The fourth-order valence-electron chi connectivity index (χ4n) is 3.07. The van der Waals surface area contributed by atoms with Crippen LogP contribution >= 0.6 is 0 Å². The smallest absolute Gasteiger partial charge is 0.160 e. The Morgan fingerprint density at radius 3 is 2.08 bits per heavy atom. The van der Waals surface area contributed by atoms with Gasteiger partial charge in [0.2, 0.25) is 0 Å². The van der Waals surface area contributed by atoms with Gasteiger partial charge in [0.15, 0.2) is 5.82 Å². The molecule has 0 atom stereocenters. The molecule has 124 valence electrons. The molecule has 4 rings (SSSR count). The predicted octanol–water partition coefficient (Wildman–Crippen LogP) is 4.91. The maximum Gasteiger partial charge on any atom is 0.160 e. The summed E-state index contributed by atoms with van der Waals surface area (Å²) in [7, 11) is 0. The summed E-state index contributed by atoms with van der Waals surface area (Å²) in [4.78, 5) is 9.43. The number of nitrogens with zero attached hydrogens (tertiary/aromatic N) is 3. The van der Waals surface area contributed by atoms with Crippen molar-refractivity contribution in [1.29, 1.82) is 0 Å². The Balaban J connectivity index is 2.04. The lowest BCUT2D eigenvalue weighted by molar-refractivity contribution is 0.854. The Kier molecular flexibility index (Phi) is 4.32. The second kappa shape index (κ2) is 7.08. The number of aromatic nitrogens is 3. The summed E-state index contributed by atoms with van der Waals surface area (Å²) in [6.45, 7) is 0.427. The number of hydrogen-bond donors (Lipinski definition) is 0. The molecule has 2 heterocycles. The third-order valence-electron chi connectivity index (χ3n) is 4.21. The Morgan fingerprint density at radius 2 is 1.46 bits per heavy atom. The Labute approximate surface area is 153 Å². The van der Waals surface area contributed by atoms with Crippen LogP contribution in [0.5, 0.6) is 0 Å². The van der Waals surface area contributed by atoms with Gasteiger partial charge in [0, 0.05) is 17.3 Å². The first kappa shape index (κ1) is 15.9. The maximum absolute atomic E-state index is 5.68. The second-order valence-electron chi connectivity index (χ2n) is 5.87. The molecule has 0 fully saturated rings. The maximum atomic E-state index is 5.68. The monoisotopic (exact) mass is 335 g/mol. The largest absolute Gasteiger partial charge is 0.310 e. The molecule has 0 aliphatic rings. The number of imidazole rings is 1. The highest BCUT2D eigenvalue weighted by molar-refractivity contribution is 5.81. The lowest BCUT2D eigenvalue weighted by Gasteiger charge is -2.10. The first-order valence-corrected chi connectivity index (χ1v) is 8.44. The van der Waals surface area contributed by atoms with Gasteiger partial charge in [0.25, 0.3) is 0 Å². The summed E-state index contributed by atoms with van der Waals surface area (Å²) in [5.74, 6) is 3.54. The number of rotatable bonds is 4. The quantitative estimate of drug-likeness (QED) is 0.496. The summed E-state index contributed by atoms with van der Waals surface area (Å²) in [5.41, 5.74) is 4.86. The fourth-order valence-corrected chi connectivity index (χ4v) is 3.07. The van der Waals surface area contributed by atoms with Gasteiger partial charge >= 0.3 is 0 Å². The normalized spacial score (nSPS) is 10.4. The van der Waals surface area contributed by atoms with Crippen molar-refractivity contribution in [3.63, 3.8) is 0 Å². The molecule has 26 heavy (non-hydrogen) atoms. The van der Waals surface area contributed by atoms with Crippen molar-refractivity contribution in [1.82, 2.24) is 14.5 Å². The van der Waals surface area contributed by atoms with Crippen molar-refractivity contribution in [2.75, 3.05) is 0 Å². The lowest BCUT2D eigenvalue weighted by atomic mass is 10.0. The predicted molar refractivity (Wildman–Crippen MR) is 105 cm³/mol. The average Bonchev–Trinajstić information content (AvgIpc) is 3.10. The van der Waals surface area contributed by atoms with Gasteiger partial charge < -0.3 is 4.57 Å². The molecule has 0 N–H and O–H groups in total. The van der Waals surface area contributed by atoms with Crippen molar-refractivity contribution in [2.24, 2.45) is 0 Å². The van der Waals surface area contributed by atoms with E-state index in [0.29, 0.717) is 6.54 Å². The van der Waals surface area contributed by atoms with Crippen LogP contribution in [0.4, 0.5) is 0 Å². The first-order valence-electron chi connectivity index (χ1n) is 8.44. The highest BCUT2D eigenvalue weighted by atomic mass is 15.1. The third-order valence-corrected chi connectivity index (χ3v) is 4.21. The molecule has 2 aromatic carbocycles. The SMILES string of the molecule is C#CCn1c(-c2ccccn2)nc(-c2ccccc2)c1-c1ccccc1. The summed E-state index contributed by atoms with van der Waals surface area (Å²) in [6, 6.07) is 26.2. The molecule has 3 heteroatoms. The molecular weight excluding hydrogens is 318 g/mol. The summed E-state index contributed by atoms with van der Waals surface area (Å²) < 4.78 is 2.07. The van der Waals surface area contributed by atoms with Crippen LogP contribution in [0, 0.1) is 12.3 Å². The molecular formula is C23H17N3. The number of hydrogen-bond acceptors (Lipinski definition) is 2. The van der Waals surface area contributed by atoms with Crippen molar-refractivity contribution in [3.8, 4) is 46.4 Å². The van der Waals surface area contributed by atoms with Crippen LogP contribution in [-0.2, 0) is 6.54 Å². The van der Waals surface area contributed by atoms with Gasteiger partial charge in [0.05, 0.1) is 17.9 Å². The van der Waals surface area contributed by atoms with E-state index >= 15 is 0 Å². The van der Waals surface area contributed by atoms with E-state index < -0.39 is 0 Å². The van der Waals surface area contributed by atoms with E-state index in [0.717, 1.165) is 34.0 Å². The van der Waals surface area contributed by atoms with E-state index in [1.165, 1.54) is 0 Å².